The number of carbonyl (C=O) groups is 1. The van der Waals surface area contributed by atoms with Gasteiger partial charge in [0, 0.05) is 27.9 Å². The van der Waals surface area contributed by atoms with Gasteiger partial charge in [0.05, 0.1) is 24.5 Å². The Kier molecular flexibility index (Phi) is 6.31. The number of carbonyl (C=O) groups excluding carboxylic acids is 1. The highest BCUT2D eigenvalue weighted by Gasteiger charge is 2.14. The van der Waals surface area contributed by atoms with Crippen molar-refractivity contribution in [2.24, 2.45) is 7.05 Å². The molecule has 1 amide bonds. The smallest absolute Gasteiger partial charge is 0.273 e. The first-order valence-electron chi connectivity index (χ1n) is 8.88. The van der Waals surface area contributed by atoms with Gasteiger partial charge in [-0.2, -0.15) is 5.10 Å². The second-order valence-electron chi connectivity index (χ2n) is 7.58. The van der Waals surface area contributed by atoms with Crippen LogP contribution in [0.3, 0.4) is 0 Å². The lowest BCUT2D eigenvalue weighted by Crippen LogP contribution is -2.23. The van der Waals surface area contributed by atoms with Gasteiger partial charge in [-0.05, 0) is 6.04 Å². The Morgan fingerprint density at radius 3 is 2.79 bits per heavy atom. The molecule has 3 aromatic rings. The minimum Gasteiger partial charge on any atom is -0.360 e. The Labute approximate surface area is 167 Å². The summed E-state index contributed by atoms with van der Waals surface area (Å²) in [6.45, 7) is 8.42. The zero-order chi connectivity index (χ0) is 20.1. The minimum atomic E-state index is -1.09. The molecule has 0 aliphatic carbocycles. The van der Waals surface area contributed by atoms with Crippen LogP contribution < -0.4 is 5.32 Å². The Balaban J connectivity index is 1.50. The summed E-state index contributed by atoms with van der Waals surface area (Å²) in [5.41, 5.74) is 1.14. The van der Waals surface area contributed by atoms with E-state index in [1.54, 1.807) is 24.1 Å². The predicted octanol–water partition coefficient (Wildman–Crippen LogP) is 1.77. The average Bonchev–Trinajstić information content (AvgIpc) is 3.36. The topological polar surface area (TPSA) is 113 Å². The highest BCUT2D eigenvalue weighted by Crippen LogP contribution is 2.22. The van der Waals surface area contributed by atoms with Gasteiger partial charge in [-0.1, -0.05) is 36.2 Å². The summed E-state index contributed by atoms with van der Waals surface area (Å²) in [7, 11) is 0.620. The lowest BCUT2D eigenvalue weighted by Gasteiger charge is -2.15. The summed E-state index contributed by atoms with van der Waals surface area (Å²) in [6, 6.07) is 1.13. The molecule has 150 valence electrons. The number of aryl methyl sites for hydroxylation is 1. The summed E-state index contributed by atoms with van der Waals surface area (Å²) < 4.78 is 8.92. The van der Waals surface area contributed by atoms with Crippen molar-refractivity contribution in [3.05, 3.63) is 29.3 Å². The van der Waals surface area contributed by atoms with Crippen LogP contribution in [0.15, 0.2) is 18.6 Å². The van der Waals surface area contributed by atoms with Gasteiger partial charge in [0.25, 0.3) is 5.91 Å². The molecule has 0 fully saturated rings. The normalized spacial score (nSPS) is 11.7. The van der Waals surface area contributed by atoms with E-state index >= 15 is 0 Å². The molecule has 0 unspecified atom stereocenters. The molecular weight excluding hydrogens is 396 g/mol. The predicted molar refractivity (Wildman–Crippen MR) is 107 cm³/mol. The number of ether oxygens (including phenoxy) is 1. The van der Waals surface area contributed by atoms with Gasteiger partial charge in [0.2, 0.25) is 0 Å². The van der Waals surface area contributed by atoms with Crippen LogP contribution in [0.25, 0.3) is 10.6 Å². The third kappa shape index (κ3) is 5.78. The Morgan fingerprint density at radius 2 is 2.07 bits per heavy atom. The van der Waals surface area contributed by atoms with Crippen molar-refractivity contribution >= 4 is 25.3 Å². The molecule has 0 aromatic carbocycles. The summed E-state index contributed by atoms with van der Waals surface area (Å²) in [5.74, 6) is -0.298. The molecule has 3 heterocycles. The zero-order valence-electron chi connectivity index (χ0n) is 16.4. The van der Waals surface area contributed by atoms with Crippen LogP contribution in [0.5, 0.6) is 0 Å². The van der Waals surface area contributed by atoms with Gasteiger partial charge >= 0.3 is 0 Å². The second-order valence-corrected chi connectivity index (χ2v) is 14.3. The molecule has 0 bridgehead atoms. The van der Waals surface area contributed by atoms with E-state index in [9.17, 15) is 4.79 Å². The number of nitrogens with zero attached hydrogens (tertiary/aromatic N) is 7. The third-order valence-corrected chi connectivity index (χ3v) is 6.48. The lowest BCUT2D eigenvalue weighted by atomic mass is 10.4. The summed E-state index contributed by atoms with van der Waals surface area (Å²) in [5, 5.41) is 24.3. The van der Waals surface area contributed by atoms with Crippen molar-refractivity contribution in [3.8, 4) is 10.6 Å². The minimum absolute atomic E-state index is 0.266. The molecule has 0 radical (unpaired) electrons. The van der Waals surface area contributed by atoms with E-state index in [-0.39, 0.29) is 18.1 Å². The number of aromatic nitrogens is 7. The zero-order valence-corrected chi connectivity index (χ0v) is 18.2. The van der Waals surface area contributed by atoms with Crippen molar-refractivity contribution in [1.29, 1.82) is 0 Å². The van der Waals surface area contributed by atoms with E-state index in [4.69, 9.17) is 4.74 Å². The van der Waals surface area contributed by atoms with Crippen molar-refractivity contribution in [2.45, 2.75) is 39.0 Å². The standard InChI is InChI=1S/C16H24N8O2SSi/c1-23-10-13(19-22-23)15(25)17-8-14-20-21-16(27-14)12-7-18-24(9-12)11-26-5-6-28(2,3)4/h7,9-10H,5-6,8,11H2,1-4H3,(H,17,25). The Hall–Kier alpha value is -2.44. The van der Waals surface area contributed by atoms with E-state index in [0.29, 0.717) is 11.7 Å². The third-order valence-electron chi connectivity index (χ3n) is 3.80. The second kappa shape index (κ2) is 8.71. The first kappa shape index (κ1) is 20.3. The van der Waals surface area contributed by atoms with Crippen LogP contribution >= 0.6 is 11.3 Å². The Bertz CT molecular complexity index is 929. The summed E-state index contributed by atoms with van der Waals surface area (Å²) in [6.07, 6.45) is 5.18. The maximum atomic E-state index is 12.0. The quantitative estimate of drug-likeness (QED) is 0.415. The van der Waals surface area contributed by atoms with Gasteiger partial charge < -0.3 is 10.1 Å². The molecule has 0 aliphatic heterocycles. The van der Waals surface area contributed by atoms with Crippen LogP contribution in [0.1, 0.15) is 15.5 Å². The fourth-order valence-corrected chi connectivity index (χ4v) is 3.73. The van der Waals surface area contributed by atoms with Crippen molar-refractivity contribution in [2.75, 3.05) is 6.61 Å². The molecule has 10 nitrogen and oxygen atoms in total. The maximum absolute atomic E-state index is 12.0. The van der Waals surface area contributed by atoms with Crippen LogP contribution in [0.4, 0.5) is 0 Å². The summed E-state index contributed by atoms with van der Waals surface area (Å²) >= 11 is 1.41. The average molecular weight is 421 g/mol. The van der Waals surface area contributed by atoms with Gasteiger partial charge in [-0.25, -0.2) is 4.68 Å². The van der Waals surface area contributed by atoms with E-state index in [2.05, 4.69) is 50.6 Å². The molecule has 0 atom stereocenters. The van der Waals surface area contributed by atoms with Crippen LogP contribution in [-0.2, 0) is 25.1 Å². The van der Waals surface area contributed by atoms with Gasteiger partial charge in [0.15, 0.2) is 10.7 Å². The number of hydrogen-bond acceptors (Lipinski definition) is 8. The largest absolute Gasteiger partial charge is 0.360 e. The molecule has 3 rings (SSSR count). The van der Waals surface area contributed by atoms with Crippen LogP contribution in [0.2, 0.25) is 25.7 Å². The van der Waals surface area contributed by atoms with Gasteiger partial charge in [-0.3, -0.25) is 9.48 Å². The molecule has 0 saturated carbocycles. The number of rotatable bonds is 9. The highest BCUT2D eigenvalue weighted by atomic mass is 32.1. The monoisotopic (exact) mass is 420 g/mol. The van der Waals surface area contributed by atoms with Crippen molar-refractivity contribution in [3.63, 3.8) is 0 Å². The molecule has 12 heteroatoms. The molecule has 28 heavy (non-hydrogen) atoms. The van der Waals surface area contributed by atoms with E-state index in [1.165, 1.54) is 16.0 Å². The van der Waals surface area contributed by atoms with Gasteiger partial charge in [0.1, 0.15) is 11.7 Å². The van der Waals surface area contributed by atoms with E-state index in [0.717, 1.165) is 23.2 Å². The van der Waals surface area contributed by atoms with Crippen molar-refractivity contribution in [1.82, 2.24) is 40.3 Å². The molecule has 1 N–H and O–H groups in total. The fraction of sp³-hybridized carbons (Fsp3) is 0.500. The van der Waals surface area contributed by atoms with Crippen molar-refractivity contribution < 1.29 is 9.53 Å². The lowest BCUT2D eigenvalue weighted by molar-refractivity contribution is 0.0786. The Morgan fingerprint density at radius 1 is 1.25 bits per heavy atom. The molecule has 0 spiro atoms. The van der Waals surface area contributed by atoms with Crippen LogP contribution in [0, 0.1) is 0 Å². The number of nitrogens with one attached hydrogen (secondary N) is 1. The van der Waals surface area contributed by atoms with E-state index < -0.39 is 8.07 Å². The molecule has 0 aliphatic rings. The maximum Gasteiger partial charge on any atom is 0.273 e. The summed E-state index contributed by atoms with van der Waals surface area (Å²) in [4.78, 5) is 12.0. The molecule has 3 aromatic heterocycles. The molecule has 0 saturated heterocycles. The van der Waals surface area contributed by atoms with E-state index in [1.807, 2.05) is 6.20 Å². The first-order valence-corrected chi connectivity index (χ1v) is 13.4. The van der Waals surface area contributed by atoms with Crippen LogP contribution in [-0.4, -0.2) is 55.6 Å². The fourth-order valence-electron chi connectivity index (χ4n) is 2.22. The molecular formula is C16H24N8O2SSi. The number of amides is 1. The first-order chi connectivity index (χ1) is 13.3. The number of hydrogen-bond donors (Lipinski definition) is 1. The van der Waals surface area contributed by atoms with Gasteiger partial charge in [-0.15, -0.1) is 15.3 Å². The highest BCUT2D eigenvalue weighted by molar-refractivity contribution is 7.14. The SMILES string of the molecule is Cn1cc(C(=O)NCc2nnc(-c3cnn(COCC[Si](C)(C)C)c3)s2)nn1.